The van der Waals surface area contributed by atoms with Crippen LogP contribution in [0, 0.1) is 17.5 Å². The summed E-state index contributed by atoms with van der Waals surface area (Å²) >= 11 is 0. The molecule has 32 heavy (non-hydrogen) atoms. The molecular formula is C20H16F6N4O2. The highest BCUT2D eigenvalue weighted by atomic mass is 19.4. The molecule has 0 aliphatic rings. The van der Waals surface area contributed by atoms with Gasteiger partial charge in [-0.05, 0) is 31.2 Å². The summed E-state index contributed by atoms with van der Waals surface area (Å²) in [6.07, 6.45) is -2.46. The maximum atomic E-state index is 14.5. The number of benzene rings is 2. The molecule has 0 aliphatic heterocycles. The van der Waals surface area contributed by atoms with Crippen molar-refractivity contribution < 1.29 is 36.2 Å². The summed E-state index contributed by atoms with van der Waals surface area (Å²) in [4.78, 5) is 16.2. The zero-order chi connectivity index (χ0) is 23.7. The maximum absolute atomic E-state index is 14.5. The van der Waals surface area contributed by atoms with Crippen LogP contribution >= 0.6 is 0 Å². The molecule has 1 aromatic heterocycles. The Hall–Kier alpha value is -3.41. The van der Waals surface area contributed by atoms with E-state index in [-0.39, 0.29) is 6.07 Å². The Morgan fingerprint density at radius 2 is 1.84 bits per heavy atom. The van der Waals surface area contributed by atoms with Crippen LogP contribution in [0.1, 0.15) is 28.4 Å². The van der Waals surface area contributed by atoms with Gasteiger partial charge in [-0.2, -0.15) is 18.3 Å². The first-order valence-electron chi connectivity index (χ1n) is 9.09. The summed E-state index contributed by atoms with van der Waals surface area (Å²) in [6.45, 7) is 0.826. The van der Waals surface area contributed by atoms with E-state index in [0.717, 1.165) is 23.1 Å². The van der Waals surface area contributed by atoms with E-state index in [0.29, 0.717) is 18.2 Å². The quantitative estimate of drug-likeness (QED) is 0.555. The Morgan fingerprint density at radius 1 is 1.12 bits per heavy atom. The largest absolute Gasteiger partial charge is 0.416 e. The molecule has 3 rings (SSSR count). The van der Waals surface area contributed by atoms with Gasteiger partial charge in [0.1, 0.15) is 35.7 Å². The Kier molecular flexibility index (Phi) is 6.26. The van der Waals surface area contributed by atoms with E-state index < -0.39 is 64.4 Å². The van der Waals surface area contributed by atoms with Crippen LogP contribution in [0.5, 0.6) is 0 Å². The van der Waals surface area contributed by atoms with Gasteiger partial charge < -0.3 is 10.4 Å². The average Bonchev–Trinajstić information content (AvgIpc) is 3.19. The van der Waals surface area contributed by atoms with Crippen molar-refractivity contribution in [3.8, 4) is 0 Å². The third-order valence-electron chi connectivity index (χ3n) is 4.87. The second-order valence-electron chi connectivity index (χ2n) is 7.03. The van der Waals surface area contributed by atoms with Gasteiger partial charge in [0, 0.05) is 11.6 Å². The molecule has 0 unspecified atom stereocenters. The molecule has 0 aliphatic carbocycles. The first-order chi connectivity index (χ1) is 14.9. The van der Waals surface area contributed by atoms with Crippen molar-refractivity contribution in [1.29, 1.82) is 0 Å². The Balaban J connectivity index is 1.93. The lowest BCUT2D eigenvalue weighted by molar-refractivity contribution is -0.137. The summed E-state index contributed by atoms with van der Waals surface area (Å²) < 4.78 is 81.3. The monoisotopic (exact) mass is 458 g/mol. The molecule has 0 radical (unpaired) electrons. The van der Waals surface area contributed by atoms with Crippen molar-refractivity contribution in [2.75, 3.05) is 0 Å². The van der Waals surface area contributed by atoms with Crippen LogP contribution in [-0.2, 0) is 18.3 Å². The van der Waals surface area contributed by atoms with Crippen LogP contribution < -0.4 is 5.32 Å². The van der Waals surface area contributed by atoms with Crippen molar-refractivity contribution in [2.45, 2.75) is 31.3 Å². The summed E-state index contributed by atoms with van der Waals surface area (Å²) in [5.41, 5.74) is -4.61. The number of aliphatic hydroxyl groups is 1. The molecule has 2 aromatic carbocycles. The zero-order valence-corrected chi connectivity index (χ0v) is 16.4. The Morgan fingerprint density at radius 3 is 2.41 bits per heavy atom. The minimum Gasteiger partial charge on any atom is -0.381 e. The van der Waals surface area contributed by atoms with Gasteiger partial charge >= 0.3 is 6.18 Å². The number of nitrogens with zero attached hydrogens (tertiary/aromatic N) is 3. The minimum atomic E-state index is -4.80. The summed E-state index contributed by atoms with van der Waals surface area (Å²) in [6, 6.07) is 2.42. The van der Waals surface area contributed by atoms with E-state index in [9.17, 15) is 36.2 Å². The molecule has 0 spiro atoms. The van der Waals surface area contributed by atoms with Gasteiger partial charge in [-0.25, -0.2) is 22.8 Å². The highest BCUT2D eigenvalue weighted by molar-refractivity contribution is 5.94. The lowest BCUT2D eigenvalue weighted by Crippen LogP contribution is -2.52. The summed E-state index contributed by atoms with van der Waals surface area (Å²) in [7, 11) is 0. The SMILES string of the molecule is C[C@@H](NC(=O)c1ccc(C(F)(F)F)cc1F)[C@](O)(Cn1cncn1)c1ccc(F)cc1F. The second kappa shape index (κ2) is 8.61. The molecule has 1 amide bonds. The fourth-order valence-corrected chi connectivity index (χ4v) is 3.13. The Bertz CT molecular complexity index is 1120. The van der Waals surface area contributed by atoms with Crippen LogP contribution in [-0.4, -0.2) is 31.8 Å². The number of amides is 1. The van der Waals surface area contributed by atoms with Gasteiger partial charge in [-0.15, -0.1) is 0 Å². The van der Waals surface area contributed by atoms with Crippen LogP contribution in [0.2, 0.25) is 0 Å². The number of halogens is 6. The van der Waals surface area contributed by atoms with Gasteiger partial charge in [0.05, 0.1) is 23.7 Å². The zero-order valence-electron chi connectivity index (χ0n) is 16.4. The number of carbonyl (C=O) groups is 1. The van der Waals surface area contributed by atoms with Crippen molar-refractivity contribution >= 4 is 5.91 Å². The van der Waals surface area contributed by atoms with Crippen molar-refractivity contribution in [2.24, 2.45) is 0 Å². The van der Waals surface area contributed by atoms with Crippen LogP contribution in [0.3, 0.4) is 0 Å². The molecule has 3 aromatic rings. The standard InChI is InChI=1S/C20H16F6N4O2/c1-11(29-18(31)14-4-2-12(6-16(14)22)20(24,25)26)19(32,8-30-10-27-9-28-30)15-5-3-13(21)7-17(15)23/h2-7,9-11,32H,8H2,1H3,(H,29,31)/t11-,19-/m1/s1. The van der Waals surface area contributed by atoms with E-state index in [1.807, 2.05) is 0 Å². The van der Waals surface area contributed by atoms with Gasteiger partial charge in [0.2, 0.25) is 0 Å². The predicted octanol–water partition coefficient (Wildman–Crippen LogP) is 3.42. The third kappa shape index (κ3) is 4.74. The number of carbonyl (C=O) groups excluding carboxylic acids is 1. The molecule has 6 nitrogen and oxygen atoms in total. The van der Waals surface area contributed by atoms with Crippen molar-refractivity contribution in [3.63, 3.8) is 0 Å². The van der Waals surface area contributed by atoms with Crippen LogP contribution in [0.15, 0.2) is 49.1 Å². The van der Waals surface area contributed by atoms with E-state index in [1.54, 1.807) is 0 Å². The fourth-order valence-electron chi connectivity index (χ4n) is 3.13. The lowest BCUT2D eigenvalue weighted by atomic mass is 9.86. The molecule has 2 N–H and O–H groups in total. The number of hydrogen-bond donors (Lipinski definition) is 2. The highest BCUT2D eigenvalue weighted by Crippen LogP contribution is 2.32. The number of aromatic nitrogens is 3. The van der Waals surface area contributed by atoms with E-state index in [4.69, 9.17) is 0 Å². The number of nitrogens with one attached hydrogen (secondary N) is 1. The van der Waals surface area contributed by atoms with Gasteiger partial charge in [0.15, 0.2) is 0 Å². The average molecular weight is 458 g/mol. The molecule has 1 heterocycles. The Labute approximate surface area is 177 Å². The highest BCUT2D eigenvalue weighted by Gasteiger charge is 2.40. The number of hydrogen-bond acceptors (Lipinski definition) is 4. The molecule has 0 saturated carbocycles. The lowest BCUT2D eigenvalue weighted by Gasteiger charge is -2.35. The topological polar surface area (TPSA) is 80.0 Å². The van der Waals surface area contributed by atoms with E-state index in [2.05, 4.69) is 15.4 Å². The fraction of sp³-hybridized carbons (Fsp3) is 0.250. The summed E-state index contributed by atoms with van der Waals surface area (Å²) in [5, 5.41) is 17.4. The van der Waals surface area contributed by atoms with Gasteiger partial charge in [-0.3, -0.25) is 4.79 Å². The molecular weight excluding hydrogens is 442 g/mol. The van der Waals surface area contributed by atoms with Gasteiger partial charge in [0.25, 0.3) is 5.91 Å². The van der Waals surface area contributed by atoms with Gasteiger partial charge in [-0.1, -0.05) is 6.07 Å². The van der Waals surface area contributed by atoms with Crippen LogP contribution in [0.25, 0.3) is 0 Å². The second-order valence-corrected chi connectivity index (χ2v) is 7.03. The van der Waals surface area contributed by atoms with Crippen LogP contribution in [0.4, 0.5) is 26.3 Å². The molecule has 0 fully saturated rings. The third-order valence-corrected chi connectivity index (χ3v) is 4.87. The number of rotatable bonds is 6. The first kappa shape index (κ1) is 23.3. The predicted molar refractivity (Wildman–Crippen MR) is 98.6 cm³/mol. The number of alkyl halides is 3. The molecule has 12 heteroatoms. The van der Waals surface area contributed by atoms with E-state index >= 15 is 0 Å². The molecule has 0 saturated heterocycles. The van der Waals surface area contributed by atoms with Crippen molar-refractivity contribution in [1.82, 2.24) is 20.1 Å². The molecule has 0 bridgehead atoms. The minimum absolute atomic E-state index is 0.167. The van der Waals surface area contributed by atoms with Crippen molar-refractivity contribution in [3.05, 3.63) is 83.2 Å². The normalized spacial score (nSPS) is 14.6. The van der Waals surface area contributed by atoms with E-state index in [1.165, 1.54) is 13.3 Å². The summed E-state index contributed by atoms with van der Waals surface area (Å²) in [5.74, 6) is -4.60. The maximum Gasteiger partial charge on any atom is 0.416 e. The first-order valence-corrected chi connectivity index (χ1v) is 9.09. The smallest absolute Gasteiger partial charge is 0.381 e. The molecule has 2 atom stereocenters. The molecule has 170 valence electrons.